The van der Waals surface area contributed by atoms with Crippen molar-refractivity contribution >= 4 is 23.4 Å². The zero-order valence-corrected chi connectivity index (χ0v) is 16.1. The Balaban J connectivity index is 1.57. The third-order valence-electron chi connectivity index (χ3n) is 6.25. The molecule has 5 rings (SSSR count). The van der Waals surface area contributed by atoms with Gasteiger partial charge in [0.25, 0.3) is 0 Å². The predicted octanol–water partition coefficient (Wildman–Crippen LogP) is 4.87. The van der Waals surface area contributed by atoms with Gasteiger partial charge < -0.3 is 0 Å². The highest BCUT2D eigenvalue weighted by atomic mass is 35.5. The monoisotopic (exact) mass is 370 g/mol. The number of benzene rings is 2. The average Bonchev–Trinajstić information content (AvgIpc) is 2.81. The van der Waals surface area contributed by atoms with Gasteiger partial charge in [0, 0.05) is 46.0 Å². The van der Waals surface area contributed by atoms with E-state index in [1.165, 1.54) is 46.8 Å². The van der Waals surface area contributed by atoms with Crippen molar-refractivity contribution in [3.05, 3.63) is 58.6 Å². The number of likely N-dealkylation sites (N-methyl/N-ethyl adjacent to an activating group) is 1. The third-order valence-corrected chi connectivity index (χ3v) is 7.70. The van der Waals surface area contributed by atoms with Crippen molar-refractivity contribution in [1.29, 1.82) is 0 Å². The lowest BCUT2D eigenvalue weighted by molar-refractivity contribution is 0.0564. The number of hydrogen-bond acceptors (Lipinski definition) is 3. The van der Waals surface area contributed by atoms with E-state index in [1.807, 2.05) is 17.8 Å². The molecule has 3 atom stereocenters. The van der Waals surface area contributed by atoms with Crippen molar-refractivity contribution in [3.63, 3.8) is 0 Å². The molecule has 3 heterocycles. The van der Waals surface area contributed by atoms with E-state index in [2.05, 4.69) is 53.2 Å². The topological polar surface area (TPSA) is 6.48 Å². The number of halogens is 1. The highest BCUT2D eigenvalue weighted by Gasteiger charge is 2.40. The second-order valence-corrected chi connectivity index (χ2v) is 9.14. The summed E-state index contributed by atoms with van der Waals surface area (Å²) in [7, 11) is 2.31. The minimum absolute atomic E-state index is 0.432. The second kappa shape index (κ2) is 6.31. The number of nitrogens with zero attached hydrogens (tertiary/aromatic N) is 2. The maximum atomic E-state index is 6.40. The lowest BCUT2D eigenvalue weighted by Gasteiger charge is -2.43. The van der Waals surface area contributed by atoms with Crippen LogP contribution in [-0.2, 0) is 6.42 Å². The van der Waals surface area contributed by atoms with Gasteiger partial charge >= 0.3 is 0 Å². The van der Waals surface area contributed by atoms with E-state index >= 15 is 0 Å². The first-order valence-corrected chi connectivity index (χ1v) is 10.4. The Morgan fingerprint density at radius 2 is 1.76 bits per heavy atom. The first-order chi connectivity index (χ1) is 12.2. The van der Waals surface area contributed by atoms with Crippen molar-refractivity contribution in [3.8, 4) is 0 Å². The van der Waals surface area contributed by atoms with Crippen LogP contribution in [0.4, 0.5) is 0 Å². The van der Waals surface area contributed by atoms with Crippen LogP contribution >= 0.6 is 23.4 Å². The quantitative estimate of drug-likeness (QED) is 0.707. The zero-order chi connectivity index (χ0) is 17.0. The molecule has 3 aliphatic rings. The molecule has 2 bridgehead atoms. The van der Waals surface area contributed by atoms with Crippen LogP contribution in [-0.4, -0.2) is 42.0 Å². The van der Waals surface area contributed by atoms with E-state index in [4.69, 9.17) is 11.6 Å². The Kier molecular flexibility index (Phi) is 4.09. The molecule has 130 valence electrons. The van der Waals surface area contributed by atoms with Gasteiger partial charge in [-0.1, -0.05) is 41.6 Å². The van der Waals surface area contributed by atoms with Crippen molar-refractivity contribution in [2.75, 3.05) is 20.1 Å². The van der Waals surface area contributed by atoms with Crippen LogP contribution in [0.15, 0.2) is 52.3 Å². The minimum atomic E-state index is 0.432. The molecule has 0 unspecified atom stereocenters. The number of rotatable bonds is 1. The van der Waals surface area contributed by atoms with Gasteiger partial charge in [-0.25, -0.2) is 0 Å². The SMILES string of the molecule is CN1[C@@H]2CC[C@H]1CN([C@@H]1Cc3ccccc3Sc3ccc(Cl)cc31)C2. The van der Waals surface area contributed by atoms with E-state index in [0.29, 0.717) is 18.1 Å². The average molecular weight is 371 g/mol. The normalized spacial score (nSPS) is 29.1. The Morgan fingerprint density at radius 1 is 1.00 bits per heavy atom. The molecule has 4 heteroatoms. The molecule has 2 fully saturated rings. The molecule has 0 spiro atoms. The van der Waals surface area contributed by atoms with Crippen LogP contribution in [0, 0.1) is 0 Å². The fourth-order valence-corrected chi connectivity index (χ4v) is 6.10. The summed E-state index contributed by atoms with van der Waals surface area (Å²) in [6, 6.07) is 17.2. The van der Waals surface area contributed by atoms with Crippen molar-refractivity contribution in [2.24, 2.45) is 0 Å². The molecule has 0 saturated carbocycles. The number of fused-ring (bicyclic) bond motifs is 4. The summed E-state index contributed by atoms with van der Waals surface area (Å²) in [4.78, 5) is 8.10. The molecule has 2 aromatic carbocycles. The molecule has 0 amide bonds. The number of piperazine rings is 1. The maximum Gasteiger partial charge on any atom is 0.0410 e. The van der Waals surface area contributed by atoms with Crippen molar-refractivity contribution in [2.45, 2.75) is 47.2 Å². The smallest absolute Gasteiger partial charge is 0.0410 e. The van der Waals surface area contributed by atoms with Gasteiger partial charge in [-0.05, 0) is 61.7 Å². The summed E-state index contributed by atoms with van der Waals surface area (Å²) in [6.45, 7) is 2.35. The summed E-state index contributed by atoms with van der Waals surface area (Å²) in [6.07, 6.45) is 3.77. The Bertz CT molecular complexity index is 794. The maximum absolute atomic E-state index is 6.40. The summed E-state index contributed by atoms with van der Waals surface area (Å²) < 4.78 is 0. The van der Waals surface area contributed by atoms with Gasteiger partial charge in [-0.2, -0.15) is 0 Å². The summed E-state index contributed by atoms with van der Waals surface area (Å²) in [5.41, 5.74) is 2.88. The van der Waals surface area contributed by atoms with Crippen LogP contribution in [0.25, 0.3) is 0 Å². The van der Waals surface area contributed by atoms with Crippen LogP contribution < -0.4 is 0 Å². The first-order valence-electron chi connectivity index (χ1n) is 9.20. The molecule has 0 radical (unpaired) electrons. The zero-order valence-electron chi connectivity index (χ0n) is 14.5. The standard InChI is InChI=1S/C21H23ClN2S/c1-23-16-7-8-17(23)13-24(12-16)19-10-14-4-2-3-5-20(14)25-21-9-6-15(22)11-18(19)21/h2-6,9,11,16-17,19H,7-8,10,12-13H2,1H3/t16-,17+,19-/m1/s1. The Labute approximate surface area is 159 Å². The molecule has 0 aliphatic carbocycles. The van der Waals surface area contributed by atoms with Gasteiger partial charge in [0.15, 0.2) is 0 Å². The van der Waals surface area contributed by atoms with E-state index in [1.54, 1.807) is 0 Å². The van der Waals surface area contributed by atoms with Crippen molar-refractivity contribution < 1.29 is 0 Å². The summed E-state index contributed by atoms with van der Waals surface area (Å²) in [5.74, 6) is 0. The van der Waals surface area contributed by atoms with Gasteiger partial charge in [0.2, 0.25) is 0 Å². The predicted molar refractivity (Wildman–Crippen MR) is 105 cm³/mol. The molecule has 3 aliphatic heterocycles. The number of likely N-dealkylation sites (tertiary alicyclic amines) is 1. The first kappa shape index (κ1) is 16.2. The Morgan fingerprint density at radius 3 is 2.56 bits per heavy atom. The van der Waals surface area contributed by atoms with E-state index < -0.39 is 0 Å². The molecule has 2 saturated heterocycles. The van der Waals surface area contributed by atoms with Crippen LogP contribution in [0.3, 0.4) is 0 Å². The Hall–Kier alpha value is -1.00. The minimum Gasteiger partial charge on any atom is -0.298 e. The summed E-state index contributed by atoms with van der Waals surface area (Å²) in [5, 5.41) is 0.854. The highest BCUT2D eigenvalue weighted by molar-refractivity contribution is 7.99. The molecule has 0 aromatic heterocycles. The van der Waals surface area contributed by atoms with E-state index in [0.717, 1.165) is 11.4 Å². The second-order valence-electron chi connectivity index (χ2n) is 7.62. The van der Waals surface area contributed by atoms with Gasteiger partial charge in [0.1, 0.15) is 0 Å². The van der Waals surface area contributed by atoms with Gasteiger partial charge in [-0.3, -0.25) is 9.80 Å². The lowest BCUT2D eigenvalue weighted by atomic mass is 9.96. The number of hydrogen-bond donors (Lipinski definition) is 0. The van der Waals surface area contributed by atoms with Crippen molar-refractivity contribution in [1.82, 2.24) is 9.80 Å². The van der Waals surface area contributed by atoms with Gasteiger partial charge in [0.05, 0.1) is 0 Å². The van der Waals surface area contributed by atoms with Crippen LogP contribution in [0.1, 0.15) is 30.0 Å². The fraction of sp³-hybridized carbons (Fsp3) is 0.429. The molecule has 25 heavy (non-hydrogen) atoms. The molecule has 0 N–H and O–H groups in total. The van der Waals surface area contributed by atoms with E-state index in [-0.39, 0.29) is 0 Å². The largest absolute Gasteiger partial charge is 0.298 e. The highest BCUT2D eigenvalue weighted by Crippen LogP contribution is 2.45. The fourth-order valence-electron chi connectivity index (χ4n) is 4.81. The summed E-state index contributed by atoms with van der Waals surface area (Å²) >= 11 is 8.30. The van der Waals surface area contributed by atoms with Gasteiger partial charge in [-0.15, -0.1) is 0 Å². The van der Waals surface area contributed by atoms with E-state index in [9.17, 15) is 0 Å². The molecular formula is C21H23ClN2S. The van der Waals surface area contributed by atoms with Crippen LogP contribution in [0.2, 0.25) is 5.02 Å². The third kappa shape index (κ3) is 2.82. The molecule has 2 aromatic rings. The van der Waals surface area contributed by atoms with Crippen LogP contribution in [0.5, 0.6) is 0 Å². The molecular weight excluding hydrogens is 348 g/mol. The lowest BCUT2D eigenvalue weighted by Crippen LogP contribution is -2.53. The molecule has 2 nitrogen and oxygen atoms in total.